The van der Waals surface area contributed by atoms with Gasteiger partial charge in [-0.3, -0.25) is 4.79 Å². The van der Waals surface area contributed by atoms with Crippen molar-refractivity contribution in [3.63, 3.8) is 0 Å². The second-order valence-corrected chi connectivity index (χ2v) is 7.03. The third-order valence-corrected chi connectivity index (χ3v) is 4.64. The summed E-state index contributed by atoms with van der Waals surface area (Å²) in [6, 6.07) is 16.3. The minimum absolute atomic E-state index is 0.110. The van der Waals surface area contributed by atoms with Crippen molar-refractivity contribution in [1.29, 1.82) is 0 Å². The molecule has 3 rings (SSSR count). The average Bonchev–Trinajstić information content (AvgIpc) is 3.33. The molecule has 2 aromatic carbocycles. The molecule has 4 heteroatoms. The second-order valence-electron chi connectivity index (χ2n) is 6.03. The van der Waals surface area contributed by atoms with Gasteiger partial charge in [0.25, 0.3) is 0 Å². The number of halogens is 2. The van der Waals surface area contributed by atoms with Crippen LogP contribution in [0.3, 0.4) is 0 Å². The van der Waals surface area contributed by atoms with Crippen LogP contribution in [0.4, 0.5) is 0 Å². The molecule has 0 radical (unpaired) electrons. The van der Waals surface area contributed by atoms with Crippen LogP contribution in [0.15, 0.2) is 59.1 Å². The molecule has 0 unspecified atom stereocenters. The van der Waals surface area contributed by atoms with Crippen molar-refractivity contribution in [1.82, 2.24) is 0 Å². The lowest BCUT2D eigenvalue weighted by molar-refractivity contribution is -0.146. The van der Waals surface area contributed by atoms with Gasteiger partial charge in [-0.25, -0.2) is 0 Å². The predicted octanol–water partition coefficient (Wildman–Crippen LogP) is 5.66. The highest BCUT2D eigenvalue weighted by Crippen LogP contribution is 2.42. The van der Waals surface area contributed by atoms with Crippen LogP contribution in [0.5, 0.6) is 0 Å². The molecular weight excluding hydrogens is 343 g/mol. The van der Waals surface area contributed by atoms with Gasteiger partial charge in [-0.15, -0.1) is 0 Å². The van der Waals surface area contributed by atoms with Gasteiger partial charge >= 0.3 is 5.97 Å². The summed E-state index contributed by atoms with van der Waals surface area (Å²) in [5.41, 5.74) is 4.47. The molecule has 0 spiro atoms. The van der Waals surface area contributed by atoms with Crippen molar-refractivity contribution in [2.75, 3.05) is 0 Å². The summed E-state index contributed by atoms with van der Waals surface area (Å²) in [6.45, 7) is 2.34. The summed E-state index contributed by atoms with van der Waals surface area (Å²) < 4.78 is 5.69. The highest BCUT2D eigenvalue weighted by molar-refractivity contribution is 6.55. The Bertz CT molecular complexity index is 764. The number of hydrogen-bond donors (Lipinski definition) is 0. The average molecular weight is 361 g/mol. The Labute approximate surface area is 152 Å². The van der Waals surface area contributed by atoms with Crippen LogP contribution < -0.4 is 0 Å². The Hall–Kier alpha value is -1.77. The number of carbonyl (C=O) groups is 1. The van der Waals surface area contributed by atoms with Crippen molar-refractivity contribution in [2.45, 2.75) is 20.0 Å². The zero-order chi connectivity index (χ0) is 17.1. The molecule has 1 aliphatic rings. The van der Waals surface area contributed by atoms with Crippen LogP contribution in [0.25, 0.3) is 11.1 Å². The van der Waals surface area contributed by atoms with Gasteiger partial charge < -0.3 is 4.74 Å². The zero-order valence-electron chi connectivity index (χ0n) is 13.3. The van der Waals surface area contributed by atoms with Crippen LogP contribution >= 0.6 is 23.2 Å². The van der Waals surface area contributed by atoms with E-state index in [1.807, 2.05) is 30.3 Å². The van der Waals surface area contributed by atoms with Gasteiger partial charge in [0.05, 0.1) is 5.92 Å². The monoisotopic (exact) mass is 360 g/mol. The van der Waals surface area contributed by atoms with Gasteiger partial charge in [0.15, 0.2) is 0 Å². The maximum atomic E-state index is 12.1. The number of benzene rings is 2. The van der Waals surface area contributed by atoms with E-state index in [4.69, 9.17) is 27.9 Å². The van der Waals surface area contributed by atoms with Gasteiger partial charge in [-0.05, 0) is 41.5 Å². The van der Waals surface area contributed by atoms with Crippen LogP contribution in [0.1, 0.15) is 17.5 Å². The van der Waals surface area contributed by atoms with E-state index in [1.54, 1.807) is 6.08 Å². The van der Waals surface area contributed by atoms with Crippen molar-refractivity contribution in [3.8, 4) is 11.1 Å². The summed E-state index contributed by atoms with van der Waals surface area (Å²) in [5.74, 6) is -0.190. The summed E-state index contributed by atoms with van der Waals surface area (Å²) in [4.78, 5) is 12.1. The molecule has 0 heterocycles. The van der Waals surface area contributed by atoms with Crippen molar-refractivity contribution >= 4 is 29.2 Å². The summed E-state index contributed by atoms with van der Waals surface area (Å²) in [7, 11) is 0. The van der Waals surface area contributed by atoms with E-state index in [-0.39, 0.29) is 28.9 Å². The van der Waals surface area contributed by atoms with Crippen LogP contribution in [0.2, 0.25) is 0 Å². The van der Waals surface area contributed by atoms with Crippen LogP contribution in [-0.2, 0) is 16.1 Å². The first-order chi connectivity index (χ1) is 11.6. The highest BCUT2D eigenvalue weighted by Gasteiger charge is 2.43. The molecule has 0 amide bonds. The number of esters is 1. The fourth-order valence-corrected chi connectivity index (χ4v) is 3.18. The van der Waals surface area contributed by atoms with Crippen LogP contribution in [0, 0.1) is 18.8 Å². The summed E-state index contributed by atoms with van der Waals surface area (Å²) in [5, 5.41) is 0. The first kappa shape index (κ1) is 17.1. The lowest BCUT2D eigenvalue weighted by Gasteiger charge is -2.12. The maximum Gasteiger partial charge on any atom is 0.309 e. The Kier molecular flexibility index (Phi) is 5.27. The number of rotatable bonds is 5. The molecule has 0 aromatic heterocycles. The largest absolute Gasteiger partial charge is 0.461 e. The molecule has 2 nitrogen and oxygen atoms in total. The standard InChI is InChI=1S/C20H18Cl2O2/c1-13-15(8-5-9-17(13)14-6-3-2-4-7-14)12-24-20(23)18-10-16(18)11-19(21)22/h2-9,11,16,18H,10,12H2,1H3/t16-,18-/m1/s1. The van der Waals surface area contributed by atoms with E-state index < -0.39 is 0 Å². The smallest absolute Gasteiger partial charge is 0.309 e. The lowest BCUT2D eigenvalue weighted by Crippen LogP contribution is -2.08. The maximum absolute atomic E-state index is 12.1. The second kappa shape index (κ2) is 7.42. The molecule has 2 aromatic rings. The zero-order valence-corrected chi connectivity index (χ0v) is 14.8. The van der Waals surface area contributed by atoms with Crippen molar-refractivity contribution in [2.24, 2.45) is 11.8 Å². The molecule has 1 fully saturated rings. The topological polar surface area (TPSA) is 26.3 Å². The van der Waals surface area contributed by atoms with E-state index >= 15 is 0 Å². The Balaban J connectivity index is 1.66. The molecule has 0 aliphatic heterocycles. The molecule has 1 aliphatic carbocycles. The van der Waals surface area contributed by atoms with Gasteiger partial charge in [-0.2, -0.15) is 0 Å². The first-order valence-corrected chi connectivity index (χ1v) is 8.65. The number of carbonyl (C=O) groups excluding carboxylic acids is 1. The van der Waals surface area contributed by atoms with E-state index in [2.05, 4.69) is 25.1 Å². The minimum Gasteiger partial charge on any atom is -0.461 e. The number of allylic oxidation sites excluding steroid dienone is 1. The van der Waals surface area contributed by atoms with E-state index in [9.17, 15) is 4.79 Å². The minimum atomic E-state index is -0.185. The Morgan fingerprint density at radius 1 is 1.17 bits per heavy atom. The Morgan fingerprint density at radius 3 is 2.62 bits per heavy atom. The Morgan fingerprint density at radius 2 is 1.92 bits per heavy atom. The van der Waals surface area contributed by atoms with E-state index in [0.29, 0.717) is 0 Å². The molecule has 2 atom stereocenters. The fraction of sp³-hybridized carbons (Fsp3) is 0.250. The highest BCUT2D eigenvalue weighted by atomic mass is 35.5. The molecule has 24 heavy (non-hydrogen) atoms. The molecule has 0 saturated heterocycles. The third-order valence-electron chi connectivity index (χ3n) is 4.38. The molecule has 1 saturated carbocycles. The SMILES string of the molecule is Cc1c(COC(=O)[C@@H]2C[C@@H]2C=C(Cl)Cl)cccc1-c1ccccc1. The normalized spacial score (nSPS) is 18.8. The quantitative estimate of drug-likeness (QED) is 0.643. The third kappa shape index (κ3) is 4.00. The lowest BCUT2D eigenvalue weighted by atomic mass is 9.97. The number of hydrogen-bond acceptors (Lipinski definition) is 2. The van der Waals surface area contributed by atoms with E-state index in [0.717, 1.165) is 28.7 Å². The van der Waals surface area contributed by atoms with Crippen molar-refractivity contribution < 1.29 is 9.53 Å². The molecule has 0 bridgehead atoms. The number of ether oxygens (including phenoxy) is 1. The van der Waals surface area contributed by atoms with Gasteiger partial charge in [-0.1, -0.05) is 77.8 Å². The van der Waals surface area contributed by atoms with Crippen molar-refractivity contribution in [3.05, 3.63) is 70.2 Å². The molecule has 124 valence electrons. The van der Waals surface area contributed by atoms with E-state index in [1.165, 1.54) is 0 Å². The summed E-state index contributed by atoms with van der Waals surface area (Å²) >= 11 is 11.3. The van der Waals surface area contributed by atoms with Gasteiger partial charge in [0, 0.05) is 0 Å². The molecular formula is C20H18Cl2O2. The fourth-order valence-electron chi connectivity index (χ4n) is 2.86. The molecule has 0 N–H and O–H groups in total. The predicted molar refractivity (Wildman–Crippen MR) is 97.8 cm³/mol. The van der Waals surface area contributed by atoms with Gasteiger partial charge in [0.1, 0.15) is 11.1 Å². The summed E-state index contributed by atoms with van der Waals surface area (Å²) in [6.07, 6.45) is 2.46. The van der Waals surface area contributed by atoms with Crippen LogP contribution in [-0.4, -0.2) is 5.97 Å². The first-order valence-electron chi connectivity index (χ1n) is 7.89. The van der Waals surface area contributed by atoms with Gasteiger partial charge in [0.2, 0.25) is 0 Å².